The number of hydrogen-bond donors (Lipinski definition) is 1. The molecule has 0 saturated carbocycles. The van der Waals surface area contributed by atoms with Crippen molar-refractivity contribution in [2.75, 3.05) is 0 Å². The Bertz CT molecular complexity index is 612. The maximum absolute atomic E-state index is 13.7. The topological polar surface area (TPSA) is 26.0 Å². The van der Waals surface area contributed by atoms with Gasteiger partial charge >= 0.3 is 0 Å². The van der Waals surface area contributed by atoms with Crippen molar-refractivity contribution in [1.82, 2.24) is 0 Å². The van der Waals surface area contributed by atoms with Crippen LogP contribution < -0.4 is 5.73 Å². The second kappa shape index (κ2) is 5.67. The molecule has 0 radical (unpaired) electrons. The summed E-state index contributed by atoms with van der Waals surface area (Å²) in [6.07, 6.45) is 0.687. The quantitative estimate of drug-likeness (QED) is 0.902. The molecule has 1 unspecified atom stereocenters. The normalized spacial score (nSPS) is 14.1. The van der Waals surface area contributed by atoms with Crippen LogP contribution >= 0.6 is 0 Å². The summed E-state index contributed by atoms with van der Waals surface area (Å²) < 4.78 is 40.0. The highest BCUT2D eigenvalue weighted by atomic mass is 19.1. The zero-order valence-corrected chi connectivity index (χ0v) is 11.2. The number of benzene rings is 2. The highest BCUT2D eigenvalue weighted by Crippen LogP contribution is 2.28. The zero-order chi connectivity index (χ0) is 14.8. The lowest BCUT2D eigenvalue weighted by Crippen LogP contribution is -2.38. The number of nitrogens with two attached hydrogens (primary N) is 1. The van der Waals surface area contributed by atoms with Crippen molar-refractivity contribution < 1.29 is 13.2 Å². The van der Waals surface area contributed by atoms with E-state index in [1.165, 1.54) is 24.3 Å². The van der Waals surface area contributed by atoms with Crippen LogP contribution in [0.1, 0.15) is 24.5 Å². The molecule has 0 heterocycles. The van der Waals surface area contributed by atoms with Crippen molar-refractivity contribution >= 4 is 0 Å². The minimum atomic E-state index is -0.888. The fourth-order valence-corrected chi connectivity index (χ4v) is 2.23. The van der Waals surface area contributed by atoms with Crippen LogP contribution in [0.15, 0.2) is 42.5 Å². The summed E-state index contributed by atoms with van der Waals surface area (Å²) in [6, 6.07) is 9.37. The lowest BCUT2D eigenvalue weighted by atomic mass is 9.82. The first kappa shape index (κ1) is 14.6. The number of rotatable bonds is 4. The maximum Gasteiger partial charge on any atom is 0.129 e. The van der Waals surface area contributed by atoms with Crippen LogP contribution in [0.25, 0.3) is 0 Å². The average molecular weight is 279 g/mol. The Kier molecular flexibility index (Phi) is 4.14. The summed E-state index contributed by atoms with van der Waals surface area (Å²) in [7, 11) is 0. The summed E-state index contributed by atoms with van der Waals surface area (Å²) in [6.45, 7) is 1.85. The standard InChI is InChI=1S/C16H16F3N/c1-2-16(20,12-4-3-5-13(17)8-12)10-11-6-7-14(18)9-15(11)19/h3-9H,2,10,20H2,1H3. The third-order valence-corrected chi connectivity index (χ3v) is 3.55. The Morgan fingerprint density at radius 3 is 2.30 bits per heavy atom. The molecule has 0 aromatic heterocycles. The van der Waals surface area contributed by atoms with Gasteiger partial charge in [-0.05, 0) is 42.2 Å². The monoisotopic (exact) mass is 279 g/mol. The average Bonchev–Trinajstić information content (AvgIpc) is 2.42. The molecule has 2 rings (SSSR count). The van der Waals surface area contributed by atoms with Crippen LogP contribution in [0.5, 0.6) is 0 Å². The Labute approximate surface area is 116 Å². The maximum atomic E-state index is 13.7. The predicted octanol–water partition coefficient (Wildman–Crippen LogP) is 3.91. The van der Waals surface area contributed by atoms with E-state index in [1.807, 2.05) is 6.92 Å². The molecule has 0 saturated heterocycles. The van der Waals surface area contributed by atoms with E-state index in [0.29, 0.717) is 17.5 Å². The van der Waals surface area contributed by atoms with E-state index in [0.717, 1.165) is 6.07 Å². The van der Waals surface area contributed by atoms with Crippen LogP contribution in [-0.4, -0.2) is 0 Å². The minimum Gasteiger partial charge on any atom is -0.321 e. The molecule has 20 heavy (non-hydrogen) atoms. The molecule has 0 aliphatic carbocycles. The van der Waals surface area contributed by atoms with Crippen LogP contribution in [-0.2, 0) is 12.0 Å². The smallest absolute Gasteiger partial charge is 0.129 e. The Balaban J connectivity index is 2.36. The molecule has 0 fully saturated rings. The largest absolute Gasteiger partial charge is 0.321 e. The van der Waals surface area contributed by atoms with Crippen molar-refractivity contribution in [3.63, 3.8) is 0 Å². The van der Waals surface area contributed by atoms with E-state index < -0.39 is 17.2 Å². The fraction of sp³-hybridized carbons (Fsp3) is 0.250. The van der Waals surface area contributed by atoms with Crippen molar-refractivity contribution in [1.29, 1.82) is 0 Å². The van der Waals surface area contributed by atoms with Gasteiger partial charge in [0.15, 0.2) is 0 Å². The van der Waals surface area contributed by atoms with Crippen molar-refractivity contribution in [2.24, 2.45) is 5.73 Å². The molecule has 0 aliphatic rings. The molecule has 2 aromatic rings. The van der Waals surface area contributed by atoms with Gasteiger partial charge in [-0.2, -0.15) is 0 Å². The first-order valence-corrected chi connectivity index (χ1v) is 6.43. The van der Waals surface area contributed by atoms with Crippen LogP contribution in [0.4, 0.5) is 13.2 Å². The first-order valence-electron chi connectivity index (χ1n) is 6.43. The van der Waals surface area contributed by atoms with Gasteiger partial charge in [-0.3, -0.25) is 0 Å². The van der Waals surface area contributed by atoms with Gasteiger partial charge in [0.1, 0.15) is 17.5 Å². The fourth-order valence-electron chi connectivity index (χ4n) is 2.23. The molecular weight excluding hydrogens is 263 g/mol. The predicted molar refractivity (Wildman–Crippen MR) is 72.6 cm³/mol. The lowest BCUT2D eigenvalue weighted by Gasteiger charge is -2.29. The second-order valence-electron chi connectivity index (χ2n) is 4.93. The number of hydrogen-bond acceptors (Lipinski definition) is 1. The van der Waals surface area contributed by atoms with Crippen LogP contribution in [0, 0.1) is 17.5 Å². The van der Waals surface area contributed by atoms with E-state index in [1.54, 1.807) is 12.1 Å². The Hall–Kier alpha value is -1.81. The van der Waals surface area contributed by atoms with Crippen molar-refractivity contribution in [3.05, 3.63) is 71.0 Å². The van der Waals surface area contributed by atoms with Crippen LogP contribution in [0.3, 0.4) is 0 Å². The molecule has 0 amide bonds. The lowest BCUT2D eigenvalue weighted by molar-refractivity contribution is 0.412. The molecule has 106 valence electrons. The molecule has 2 aromatic carbocycles. The van der Waals surface area contributed by atoms with Gasteiger partial charge in [-0.25, -0.2) is 13.2 Å². The molecule has 2 N–H and O–H groups in total. The summed E-state index contributed by atoms with van der Waals surface area (Å²) >= 11 is 0. The summed E-state index contributed by atoms with van der Waals surface area (Å²) in [5.41, 5.74) is 6.33. The van der Waals surface area contributed by atoms with Crippen molar-refractivity contribution in [2.45, 2.75) is 25.3 Å². The third-order valence-electron chi connectivity index (χ3n) is 3.55. The molecule has 1 nitrogen and oxygen atoms in total. The molecule has 0 bridgehead atoms. The zero-order valence-electron chi connectivity index (χ0n) is 11.2. The van der Waals surface area contributed by atoms with Gasteiger partial charge in [-0.1, -0.05) is 25.1 Å². The molecule has 0 spiro atoms. The van der Waals surface area contributed by atoms with Gasteiger partial charge in [0, 0.05) is 11.6 Å². The molecule has 1 atom stereocenters. The Morgan fingerprint density at radius 1 is 1.00 bits per heavy atom. The third kappa shape index (κ3) is 3.02. The minimum absolute atomic E-state index is 0.180. The van der Waals surface area contributed by atoms with Gasteiger partial charge in [0.2, 0.25) is 0 Å². The highest BCUT2D eigenvalue weighted by molar-refractivity contribution is 5.29. The van der Waals surface area contributed by atoms with E-state index in [-0.39, 0.29) is 12.2 Å². The second-order valence-corrected chi connectivity index (χ2v) is 4.93. The van der Waals surface area contributed by atoms with Crippen molar-refractivity contribution in [3.8, 4) is 0 Å². The highest BCUT2D eigenvalue weighted by Gasteiger charge is 2.27. The number of halogens is 3. The summed E-state index contributed by atoms with van der Waals surface area (Å²) in [4.78, 5) is 0. The summed E-state index contributed by atoms with van der Waals surface area (Å²) in [5, 5.41) is 0. The summed E-state index contributed by atoms with van der Waals surface area (Å²) in [5.74, 6) is -1.65. The van der Waals surface area contributed by atoms with Crippen LogP contribution in [0.2, 0.25) is 0 Å². The van der Waals surface area contributed by atoms with Gasteiger partial charge < -0.3 is 5.73 Å². The van der Waals surface area contributed by atoms with Gasteiger partial charge in [0.05, 0.1) is 0 Å². The van der Waals surface area contributed by atoms with Gasteiger partial charge in [0.25, 0.3) is 0 Å². The van der Waals surface area contributed by atoms with E-state index >= 15 is 0 Å². The van der Waals surface area contributed by atoms with E-state index in [9.17, 15) is 13.2 Å². The SMILES string of the molecule is CCC(N)(Cc1ccc(F)cc1F)c1cccc(F)c1. The van der Waals surface area contributed by atoms with E-state index in [2.05, 4.69) is 0 Å². The molecule has 0 aliphatic heterocycles. The first-order chi connectivity index (χ1) is 9.44. The molecule has 4 heteroatoms. The molecular formula is C16H16F3N. The van der Waals surface area contributed by atoms with E-state index in [4.69, 9.17) is 5.73 Å². The van der Waals surface area contributed by atoms with Gasteiger partial charge in [-0.15, -0.1) is 0 Å². The Morgan fingerprint density at radius 2 is 1.70 bits per heavy atom.